The van der Waals surface area contributed by atoms with Crippen LogP contribution in [0.25, 0.3) is 22.1 Å². The Bertz CT molecular complexity index is 3160. The predicted molar refractivity (Wildman–Crippen MR) is 316 cm³/mol. The maximum Gasteiger partial charge on any atom is 0.511 e. The number of ether oxygens (including phenoxy) is 6. The van der Waals surface area contributed by atoms with Crippen molar-refractivity contribution in [2.45, 2.75) is 131 Å². The molecule has 0 aliphatic carbocycles. The van der Waals surface area contributed by atoms with Gasteiger partial charge in [0.2, 0.25) is 36.0 Å². The molecule has 6 aromatic rings. The lowest BCUT2D eigenvalue weighted by molar-refractivity contribution is -0.117. The van der Waals surface area contributed by atoms with Crippen molar-refractivity contribution in [3.05, 3.63) is 106 Å². The molecule has 4 N–H and O–H groups in total. The number of esters is 2. The molecule has 2 aliphatic heterocycles. The van der Waals surface area contributed by atoms with Crippen LogP contribution in [0, 0.1) is 0 Å². The Morgan fingerprint density at radius 2 is 0.907 bits per heavy atom. The summed E-state index contributed by atoms with van der Waals surface area (Å²) in [5.74, 6) is -3.11. The number of piperidine rings is 2. The van der Waals surface area contributed by atoms with Gasteiger partial charge in [-0.2, -0.15) is 0 Å². The van der Waals surface area contributed by atoms with Gasteiger partial charge < -0.3 is 68.6 Å². The number of halogens is 2. The van der Waals surface area contributed by atoms with Crippen LogP contribution in [0.1, 0.15) is 123 Å². The number of pyridine rings is 2. The molecule has 0 bridgehead atoms. The van der Waals surface area contributed by atoms with Crippen LogP contribution in [0.5, 0.6) is 0 Å². The number of anilines is 2. The molecular weight excluding hydrogens is 1160 g/mol. The van der Waals surface area contributed by atoms with Gasteiger partial charge in [-0.3, -0.25) is 19.2 Å². The zero-order valence-electron chi connectivity index (χ0n) is 48.9. The summed E-state index contributed by atoms with van der Waals surface area (Å²) in [5, 5.41) is 12.3. The molecule has 0 spiro atoms. The number of benzene rings is 2. The van der Waals surface area contributed by atoms with Crippen molar-refractivity contribution in [2.75, 3.05) is 50.0 Å². The van der Waals surface area contributed by atoms with Crippen molar-refractivity contribution >= 4 is 105 Å². The summed E-state index contributed by atoms with van der Waals surface area (Å²) in [6.07, 6.45) is 1.41. The van der Waals surface area contributed by atoms with E-state index < -0.39 is 60.5 Å². The molecule has 28 heteroatoms. The van der Waals surface area contributed by atoms with Gasteiger partial charge in [0, 0.05) is 76.6 Å². The number of carbonyl (C=O) groups excluding carboxylic acids is 8. The van der Waals surface area contributed by atoms with Crippen LogP contribution in [-0.2, 0) is 51.1 Å². The van der Waals surface area contributed by atoms with E-state index in [4.69, 9.17) is 51.6 Å². The smallest absolute Gasteiger partial charge is 0.435 e. The summed E-state index contributed by atoms with van der Waals surface area (Å²) in [6, 6.07) is 16.3. The van der Waals surface area contributed by atoms with Crippen molar-refractivity contribution in [1.29, 1.82) is 0 Å². The van der Waals surface area contributed by atoms with E-state index in [9.17, 15) is 38.4 Å². The van der Waals surface area contributed by atoms with Gasteiger partial charge in [-0.05, 0) is 116 Å². The summed E-state index contributed by atoms with van der Waals surface area (Å²) < 4.78 is 32.7. The molecule has 8 rings (SSSR count). The van der Waals surface area contributed by atoms with Gasteiger partial charge in [0.1, 0.15) is 35.8 Å². The molecular formula is C58H70Cl2N12O14. The van der Waals surface area contributed by atoms with Crippen LogP contribution in [0.3, 0.4) is 0 Å². The van der Waals surface area contributed by atoms with Crippen molar-refractivity contribution in [2.24, 2.45) is 0 Å². The van der Waals surface area contributed by atoms with E-state index in [1.807, 2.05) is 0 Å². The third kappa shape index (κ3) is 17.8. The first-order chi connectivity index (χ1) is 41.1. The number of imidazole rings is 2. The first-order valence-electron chi connectivity index (χ1n) is 28.1. The van der Waals surface area contributed by atoms with Crippen molar-refractivity contribution in [1.82, 2.24) is 49.5 Å². The minimum absolute atomic E-state index is 0.0228. The summed E-state index contributed by atoms with van der Waals surface area (Å²) in [6.45, 7) is 17.5. The lowest BCUT2D eigenvalue weighted by Gasteiger charge is -2.34. The molecule has 2 aromatic carbocycles. The fourth-order valence-corrected chi connectivity index (χ4v) is 9.74. The topological polar surface area (TPSA) is 308 Å². The number of hydrogen-bond acceptors (Lipinski definition) is 20. The molecule has 86 heavy (non-hydrogen) atoms. The second kappa shape index (κ2) is 30.6. The van der Waals surface area contributed by atoms with E-state index >= 15 is 0 Å². The normalized spacial score (nSPS) is 14.7. The van der Waals surface area contributed by atoms with E-state index in [0.29, 0.717) is 33.2 Å². The summed E-state index contributed by atoms with van der Waals surface area (Å²) in [4.78, 5) is 125. The predicted octanol–water partition coefficient (Wildman–Crippen LogP) is 8.00. The standard InChI is InChI=1S/2C29H35ClN6O7/c2*1-5-41-29(40)43-18(4)42-28(39)21-7-6-8-22-25(21)34-26(27(38)32-20-11-13-35(14-12-20)17(2)3)36(22)16-24(37)33-23-10-9-19(30)15-31-23/h2*6-10,15,17-18,20H,5,11-14,16H2,1-4H3,(H,32,38)(H,31,33,37). The Kier molecular flexibility index (Phi) is 23.1. The molecule has 4 amide bonds. The van der Waals surface area contributed by atoms with E-state index in [1.165, 1.54) is 47.5 Å². The first kappa shape index (κ1) is 65.1. The number of nitrogens with one attached hydrogen (secondary N) is 4. The van der Waals surface area contributed by atoms with Crippen LogP contribution in [-0.4, -0.2) is 163 Å². The number of nitrogens with zero attached hydrogens (tertiary/aromatic N) is 8. The number of amides is 4. The van der Waals surface area contributed by atoms with E-state index in [0.717, 1.165) is 51.9 Å². The minimum atomic E-state index is -1.25. The van der Waals surface area contributed by atoms with Crippen LogP contribution >= 0.6 is 23.2 Å². The zero-order valence-corrected chi connectivity index (χ0v) is 50.4. The Labute approximate surface area is 505 Å². The maximum atomic E-state index is 13.6. The summed E-state index contributed by atoms with van der Waals surface area (Å²) >= 11 is 11.8. The number of hydrogen-bond donors (Lipinski definition) is 4. The van der Waals surface area contributed by atoms with Gasteiger partial charge in [0.25, 0.3) is 11.8 Å². The van der Waals surface area contributed by atoms with Gasteiger partial charge in [0.05, 0.1) is 45.4 Å². The van der Waals surface area contributed by atoms with Crippen LogP contribution in [0.15, 0.2) is 73.1 Å². The quantitative estimate of drug-likeness (QED) is 0.0319. The third-order valence-electron chi connectivity index (χ3n) is 13.8. The first-order valence-corrected chi connectivity index (χ1v) is 28.9. The molecule has 2 atom stereocenters. The highest BCUT2D eigenvalue weighted by atomic mass is 35.5. The number of aromatic nitrogens is 6. The van der Waals surface area contributed by atoms with Gasteiger partial charge in [-0.1, -0.05) is 35.3 Å². The lowest BCUT2D eigenvalue weighted by Crippen LogP contribution is -2.47. The van der Waals surface area contributed by atoms with Gasteiger partial charge >= 0.3 is 24.2 Å². The molecule has 2 aliphatic rings. The van der Waals surface area contributed by atoms with E-state index in [-0.39, 0.29) is 83.8 Å². The number of fused-ring (bicyclic) bond motifs is 2. The van der Waals surface area contributed by atoms with Crippen molar-refractivity contribution in [3.8, 4) is 0 Å². The highest BCUT2D eigenvalue weighted by molar-refractivity contribution is 6.30. The Morgan fingerprint density at radius 3 is 1.23 bits per heavy atom. The van der Waals surface area contributed by atoms with Crippen molar-refractivity contribution in [3.63, 3.8) is 0 Å². The monoisotopic (exact) mass is 1230 g/mol. The van der Waals surface area contributed by atoms with E-state index in [1.54, 1.807) is 62.4 Å². The molecule has 2 fully saturated rings. The number of carbonyl (C=O) groups is 8. The molecule has 2 unspecified atom stereocenters. The molecule has 460 valence electrons. The molecule has 6 heterocycles. The summed E-state index contributed by atoms with van der Waals surface area (Å²) in [7, 11) is 0. The second-order valence-electron chi connectivity index (χ2n) is 20.5. The Morgan fingerprint density at radius 1 is 0.535 bits per heavy atom. The van der Waals surface area contributed by atoms with Crippen LogP contribution in [0.2, 0.25) is 10.0 Å². The fourth-order valence-electron chi connectivity index (χ4n) is 9.51. The number of rotatable bonds is 20. The minimum Gasteiger partial charge on any atom is -0.435 e. The fraction of sp³-hybridized carbons (Fsp3) is 0.448. The Balaban J connectivity index is 0.000000246. The highest BCUT2D eigenvalue weighted by Gasteiger charge is 2.31. The summed E-state index contributed by atoms with van der Waals surface area (Å²) in [5.41, 5.74) is 1.05. The number of likely N-dealkylation sites (tertiary alicyclic amines) is 2. The van der Waals surface area contributed by atoms with E-state index in [2.05, 4.69) is 78.7 Å². The van der Waals surface area contributed by atoms with Crippen LogP contribution < -0.4 is 21.3 Å². The van der Waals surface area contributed by atoms with Crippen molar-refractivity contribution < 1.29 is 66.8 Å². The van der Waals surface area contributed by atoms with Gasteiger partial charge in [-0.15, -0.1) is 0 Å². The zero-order chi connectivity index (χ0) is 62.2. The highest BCUT2D eigenvalue weighted by Crippen LogP contribution is 2.26. The van der Waals surface area contributed by atoms with Crippen LogP contribution in [0.4, 0.5) is 21.2 Å². The molecule has 4 aromatic heterocycles. The van der Waals surface area contributed by atoms with Gasteiger partial charge in [0.15, 0.2) is 0 Å². The van der Waals surface area contributed by atoms with Gasteiger partial charge in [-0.25, -0.2) is 39.1 Å². The molecule has 0 saturated carbocycles. The molecule has 2 saturated heterocycles. The number of para-hydroxylation sites is 2. The molecule has 26 nitrogen and oxygen atoms in total. The SMILES string of the molecule is CCOC(=O)OC(C)OC(=O)c1cccc2c1nc(C(=O)NC1CCN(C(C)C)CC1)n2CC(=O)Nc1ccc(Cl)cn1.CCOC(=O)OC(C)OC(=O)c1cccc2c1nc(C(=O)NC1CCN(C(C)C)CC1)n2CC(=O)Nc1ccc(Cl)cn1. The largest absolute Gasteiger partial charge is 0.511 e. The Hall–Kier alpha value is -8.46. The average molecular weight is 1230 g/mol. The maximum absolute atomic E-state index is 13.6. The average Bonchev–Trinajstić information content (AvgIpc) is 1.89. The lowest BCUT2D eigenvalue weighted by atomic mass is 10.0. The second-order valence-corrected chi connectivity index (χ2v) is 21.4. The third-order valence-corrected chi connectivity index (χ3v) is 14.2. The molecule has 0 radical (unpaired) electrons.